The number of carboxylic acids is 1. The molecular weight excluding hydrogens is 399 g/mol. The maximum atomic E-state index is 12.9. The Bertz CT molecular complexity index is 1210. The van der Waals surface area contributed by atoms with Gasteiger partial charge in [0, 0.05) is 12.0 Å². The number of hydrogen-bond acceptors (Lipinski definition) is 3. The van der Waals surface area contributed by atoms with Gasteiger partial charge in [-0.1, -0.05) is 42.5 Å². The number of para-hydroxylation sites is 1. The predicted octanol–water partition coefficient (Wildman–Crippen LogP) is 6.27. The highest BCUT2D eigenvalue weighted by Crippen LogP contribution is 2.34. The standard InChI is InChI=1S/C22H14F3NO2S/c23-22(24,25)16-7-1-4-13(10-16)11-19-26-20-17(8-3-9-18(20)29-19)14-5-2-6-15(12-14)21(27)28/h1-10,12H,11H2,(H,27,28). The average molecular weight is 413 g/mol. The van der Waals surface area contributed by atoms with E-state index in [9.17, 15) is 23.1 Å². The number of nitrogens with zero attached hydrogens (tertiary/aromatic N) is 1. The van der Waals surface area contributed by atoms with Crippen LogP contribution < -0.4 is 0 Å². The molecule has 0 saturated carbocycles. The summed E-state index contributed by atoms with van der Waals surface area (Å²) in [5, 5.41) is 9.92. The first-order valence-electron chi connectivity index (χ1n) is 8.69. The van der Waals surface area contributed by atoms with Gasteiger partial charge in [0.1, 0.15) is 0 Å². The van der Waals surface area contributed by atoms with Gasteiger partial charge in [-0.25, -0.2) is 9.78 Å². The van der Waals surface area contributed by atoms with Crippen LogP contribution in [0.2, 0.25) is 0 Å². The molecule has 29 heavy (non-hydrogen) atoms. The second kappa shape index (κ2) is 7.33. The number of carbonyl (C=O) groups is 1. The van der Waals surface area contributed by atoms with E-state index in [1.807, 2.05) is 24.3 Å². The van der Waals surface area contributed by atoms with Crippen molar-refractivity contribution in [1.29, 1.82) is 0 Å². The van der Waals surface area contributed by atoms with Crippen LogP contribution in [0.4, 0.5) is 13.2 Å². The Kier molecular flexibility index (Phi) is 4.84. The molecule has 0 spiro atoms. The number of alkyl halides is 3. The second-order valence-corrected chi connectivity index (χ2v) is 7.64. The minimum atomic E-state index is -4.38. The number of aromatic nitrogens is 1. The van der Waals surface area contributed by atoms with Crippen LogP contribution in [0.3, 0.4) is 0 Å². The van der Waals surface area contributed by atoms with E-state index in [4.69, 9.17) is 0 Å². The lowest BCUT2D eigenvalue weighted by atomic mass is 10.0. The first kappa shape index (κ1) is 19.1. The van der Waals surface area contributed by atoms with Gasteiger partial charge < -0.3 is 5.11 Å². The van der Waals surface area contributed by atoms with E-state index in [0.717, 1.165) is 28.0 Å². The van der Waals surface area contributed by atoms with Crippen LogP contribution in [0.1, 0.15) is 26.5 Å². The number of thiazole rings is 1. The molecule has 0 unspecified atom stereocenters. The lowest BCUT2D eigenvalue weighted by Crippen LogP contribution is -2.05. The van der Waals surface area contributed by atoms with Gasteiger partial charge >= 0.3 is 12.1 Å². The van der Waals surface area contributed by atoms with Crippen molar-refractivity contribution >= 4 is 27.5 Å². The van der Waals surface area contributed by atoms with Gasteiger partial charge in [0.2, 0.25) is 0 Å². The smallest absolute Gasteiger partial charge is 0.416 e. The molecule has 4 aromatic rings. The second-order valence-electron chi connectivity index (χ2n) is 6.52. The lowest BCUT2D eigenvalue weighted by Gasteiger charge is -2.07. The monoisotopic (exact) mass is 413 g/mol. The molecule has 0 aliphatic rings. The third-order valence-corrected chi connectivity index (χ3v) is 5.51. The van der Waals surface area contributed by atoms with E-state index in [0.29, 0.717) is 16.1 Å². The van der Waals surface area contributed by atoms with Crippen LogP contribution in [0.25, 0.3) is 21.3 Å². The minimum Gasteiger partial charge on any atom is -0.478 e. The predicted molar refractivity (Wildman–Crippen MR) is 106 cm³/mol. The molecule has 1 heterocycles. The Morgan fingerprint density at radius 1 is 1.00 bits per heavy atom. The van der Waals surface area contributed by atoms with E-state index < -0.39 is 17.7 Å². The number of fused-ring (bicyclic) bond motifs is 1. The van der Waals surface area contributed by atoms with Crippen molar-refractivity contribution in [2.75, 3.05) is 0 Å². The Balaban J connectivity index is 1.72. The summed E-state index contributed by atoms with van der Waals surface area (Å²) in [5.74, 6) is -1.01. The van der Waals surface area contributed by atoms with Crippen molar-refractivity contribution < 1.29 is 23.1 Å². The van der Waals surface area contributed by atoms with Crippen molar-refractivity contribution in [2.45, 2.75) is 12.6 Å². The first-order chi connectivity index (χ1) is 13.8. The summed E-state index contributed by atoms with van der Waals surface area (Å²) in [6.45, 7) is 0. The number of benzene rings is 3. The molecule has 146 valence electrons. The molecule has 4 rings (SSSR count). The number of carboxylic acid groups (broad SMARTS) is 1. The topological polar surface area (TPSA) is 50.2 Å². The lowest BCUT2D eigenvalue weighted by molar-refractivity contribution is -0.137. The van der Waals surface area contributed by atoms with Crippen LogP contribution in [-0.2, 0) is 12.6 Å². The zero-order valence-corrected chi connectivity index (χ0v) is 15.7. The van der Waals surface area contributed by atoms with Gasteiger partial charge in [-0.2, -0.15) is 13.2 Å². The Morgan fingerprint density at radius 2 is 1.76 bits per heavy atom. The Labute approximate surface area is 168 Å². The van der Waals surface area contributed by atoms with E-state index >= 15 is 0 Å². The fraction of sp³-hybridized carbons (Fsp3) is 0.0909. The van der Waals surface area contributed by atoms with Gasteiger partial charge in [-0.3, -0.25) is 0 Å². The fourth-order valence-electron chi connectivity index (χ4n) is 3.16. The molecule has 7 heteroatoms. The van der Waals surface area contributed by atoms with E-state index in [-0.39, 0.29) is 12.0 Å². The molecule has 0 aliphatic carbocycles. The normalized spacial score (nSPS) is 11.7. The van der Waals surface area contributed by atoms with E-state index in [1.165, 1.54) is 23.5 Å². The molecule has 0 bridgehead atoms. The molecular formula is C22H14F3NO2S. The van der Waals surface area contributed by atoms with Crippen molar-refractivity contribution in [2.24, 2.45) is 0 Å². The van der Waals surface area contributed by atoms with Crippen LogP contribution >= 0.6 is 11.3 Å². The van der Waals surface area contributed by atoms with Crippen LogP contribution in [0.5, 0.6) is 0 Å². The Hall–Kier alpha value is -3.19. The summed E-state index contributed by atoms with van der Waals surface area (Å²) < 4.78 is 39.7. The summed E-state index contributed by atoms with van der Waals surface area (Å²) in [4.78, 5) is 15.9. The third kappa shape index (κ3) is 4.00. The van der Waals surface area contributed by atoms with Crippen molar-refractivity contribution in [3.8, 4) is 11.1 Å². The molecule has 3 nitrogen and oxygen atoms in total. The molecule has 0 fully saturated rings. The van der Waals surface area contributed by atoms with Gasteiger partial charge in [-0.15, -0.1) is 11.3 Å². The van der Waals surface area contributed by atoms with Crippen molar-refractivity contribution in [1.82, 2.24) is 4.98 Å². The molecule has 1 N–H and O–H groups in total. The number of aromatic carboxylic acids is 1. The van der Waals surface area contributed by atoms with Gasteiger partial charge in [0.25, 0.3) is 0 Å². The van der Waals surface area contributed by atoms with Crippen molar-refractivity contribution in [3.63, 3.8) is 0 Å². The fourth-order valence-corrected chi connectivity index (χ4v) is 4.18. The maximum Gasteiger partial charge on any atom is 0.416 e. The summed E-state index contributed by atoms with van der Waals surface area (Å²) in [6.07, 6.45) is -4.09. The van der Waals surface area contributed by atoms with E-state index in [1.54, 1.807) is 18.2 Å². The SMILES string of the molecule is O=C(O)c1cccc(-c2cccc3sc(Cc4cccc(C(F)(F)F)c4)nc23)c1. The zero-order valence-electron chi connectivity index (χ0n) is 14.9. The molecule has 0 aliphatic heterocycles. The molecule has 0 amide bonds. The largest absolute Gasteiger partial charge is 0.478 e. The van der Waals surface area contributed by atoms with Gasteiger partial charge in [-0.05, 0) is 35.4 Å². The summed E-state index contributed by atoms with van der Waals surface area (Å²) in [5.41, 5.74) is 2.26. The van der Waals surface area contributed by atoms with Gasteiger partial charge in [0.15, 0.2) is 0 Å². The summed E-state index contributed by atoms with van der Waals surface area (Å²) in [7, 11) is 0. The average Bonchev–Trinajstić information content (AvgIpc) is 3.10. The molecule has 1 aromatic heterocycles. The highest BCUT2D eigenvalue weighted by atomic mass is 32.1. The zero-order chi connectivity index (χ0) is 20.6. The molecule has 0 atom stereocenters. The Morgan fingerprint density at radius 3 is 2.52 bits per heavy atom. The molecule has 0 radical (unpaired) electrons. The van der Waals surface area contributed by atoms with Gasteiger partial charge in [0.05, 0.1) is 26.4 Å². The highest BCUT2D eigenvalue weighted by Gasteiger charge is 2.30. The number of halogens is 3. The number of rotatable bonds is 4. The summed E-state index contributed by atoms with van der Waals surface area (Å²) in [6, 6.07) is 17.4. The number of hydrogen-bond donors (Lipinski definition) is 1. The van der Waals surface area contributed by atoms with E-state index in [2.05, 4.69) is 4.98 Å². The quantitative estimate of drug-likeness (QED) is 0.429. The maximum absolute atomic E-state index is 12.9. The molecule has 3 aromatic carbocycles. The third-order valence-electron chi connectivity index (χ3n) is 4.49. The van der Waals surface area contributed by atoms with Crippen LogP contribution in [0.15, 0.2) is 66.7 Å². The summed E-state index contributed by atoms with van der Waals surface area (Å²) >= 11 is 1.42. The van der Waals surface area contributed by atoms with Crippen LogP contribution in [0, 0.1) is 0 Å². The van der Waals surface area contributed by atoms with Crippen molar-refractivity contribution in [3.05, 3.63) is 88.4 Å². The highest BCUT2D eigenvalue weighted by molar-refractivity contribution is 7.18. The van der Waals surface area contributed by atoms with Crippen LogP contribution in [-0.4, -0.2) is 16.1 Å². The minimum absolute atomic E-state index is 0.180. The first-order valence-corrected chi connectivity index (χ1v) is 9.51. The molecule has 0 saturated heterocycles.